The molecule has 0 amide bonds. The molecule has 0 aliphatic heterocycles. The van der Waals surface area contributed by atoms with Gasteiger partial charge in [-0.2, -0.15) is 0 Å². The number of fused-ring (bicyclic) bond motifs is 1. The average molecular weight is 253 g/mol. The van der Waals surface area contributed by atoms with Gasteiger partial charge in [0.1, 0.15) is 0 Å². The van der Waals surface area contributed by atoms with Crippen LogP contribution in [0, 0.1) is 0 Å². The maximum Gasteiger partial charge on any atom is 0.303 e. The molecule has 0 spiro atoms. The third-order valence-corrected chi connectivity index (χ3v) is 3.06. The number of aliphatic carboxylic acids is 1. The van der Waals surface area contributed by atoms with Crippen LogP contribution in [0.15, 0.2) is 24.4 Å². The monoisotopic (exact) mass is 252 g/mol. The number of rotatable bonds is 4. The number of hydrogen-bond acceptors (Lipinski definition) is 2. The maximum atomic E-state index is 10.5. The summed E-state index contributed by atoms with van der Waals surface area (Å²) in [5.74, 6) is -0.840. The third kappa shape index (κ3) is 2.43. The van der Waals surface area contributed by atoms with Gasteiger partial charge in [0, 0.05) is 29.6 Å². The van der Waals surface area contributed by atoms with Gasteiger partial charge in [-0.05, 0) is 18.1 Å². The first-order chi connectivity index (χ1) is 8.09. The Morgan fingerprint density at radius 3 is 3.00 bits per heavy atom. The summed E-state index contributed by atoms with van der Waals surface area (Å²) in [5.41, 5.74) is 7.80. The van der Waals surface area contributed by atoms with Crippen molar-refractivity contribution in [1.29, 1.82) is 0 Å². The summed E-state index contributed by atoms with van der Waals surface area (Å²) in [4.78, 5) is 13.6. The molecule has 2 rings (SSSR count). The molecule has 4 N–H and O–H groups in total. The van der Waals surface area contributed by atoms with E-state index in [-0.39, 0.29) is 12.5 Å². The van der Waals surface area contributed by atoms with Crippen LogP contribution in [0.5, 0.6) is 0 Å². The highest BCUT2D eigenvalue weighted by Gasteiger charge is 2.14. The highest BCUT2D eigenvalue weighted by Crippen LogP contribution is 2.30. The highest BCUT2D eigenvalue weighted by atomic mass is 35.5. The number of benzene rings is 1. The summed E-state index contributed by atoms with van der Waals surface area (Å²) < 4.78 is 0. The molecule has 1 heterocycles. The lowest BCUT2D eigenvalue weighted by atomic mass is 9.99. The predicted octanol–water partition coefficient (Wildman–Crippen LogP) is 2.69. The van der Waals surface area contributed by atoms with Crippen LogP contribution in [-0.4, -0.2) is 16.1 Å². The van der Waals surface area contributed by atoms with Gasteiger partial charge in [-0.1, -0.05) is 23.7 Å². The highest BCUT2D eigenvalue weighted by molar-refractivity contribution is 6.35. The molecule has 0 aliphatic rings. The lowest BCUT2D eigenvalue weighted by Gasteiger charge is -2.12. The predicted molar refractivity (Wildman–Crippen MR) is 67.1 cm³/mol. The first-order valence-corrected chi connectivity index (χ1v) is 5.70. The number of nitrogens with one attached hydrogen (secondary N) is 1. The van der Waals surface area contributed by atoms with Gasteiger partial charge in [-0.25, -0.2) is 0 Å². The van der Waals surface area contributed by atoms with E-state index in [1.165, 1.54) is 0 Å². The second-order valence-corrected chi connectivity index (χ2v) is 4.35. The number of nitrogens with two attached hydrogens (primary N) is 1. The number of hydrogen-bond donors (Lipinski definition) is 3. The second kappa shape index (κ2) is 4.77. The zero-order chi connectivity index (χ0) is 12.4. The van der Waals surface area contributed by atoms with Gasteiger partial charge in [0.2, 0.25) is 0 Å². The average Bonchev–Trinajstić information content (AvgIpc) is 2.68. The molecule has 90 valence electrons. The Morgan fingerprint density at radius 2 is 2.29 bits per heavy atom. The summed E-state index contributed by atoms with van der Waals surface area (Å²) in [7, 11) is 0. The SMILES string of the molecule is NC(CCC(=O)O)c1cccc2[nH]cc(Cl)c12. The van der Waals surface area contributed by atoms with E-state index in [0.29, 0.717) is 11.4 Å². The van der Waals surface area contributed by atoms with Crippen LogP contribution < -0.4 is 5.73 Å². The lowest BCUT2D eigenvalue weighted by Crippen LogP contribution is -2.12. The Labute approximate surface area is 103 Å². The van der Waals surface area contributed by atoms with Crippen molar-refractivity contribution >= 4 is 28.5 Å². The number of aromatic nitrogens is 1. The van der Waals surface area contributed by atoms with Gasteiger partial charge in [0.05, 0.1) is 5.02 Å². The lowest BCUT2D eigenvalue weighted by molar-refractivity contribution is -0.137. The fourth-order valence-corrected chi connectivity index (χ4v) is 2.18. The Kier molecular flexibility index (Phi) is 3.36. The fourth-order valence-electron chi connectivity index (χ4n) is 1.91. The van der Waals surface area contributed by atoms with Gasteiger partial charge in [-0.15, -0.1) is 0 Å². The smallest absolute Gasteiger partial charge is 0.303 e. The van der Waals surface area contributed by atoms with Crippen molar-refractivity contribution in [3.05, 3.63) is 35.0 Å². The van der Waals surface area contributed by atoms with E-state index in [1.54, 1.807) is 6.20 Å². The van der Waals surface area contributed by atoms with Crippen molar-refractivity contribution in [2.75, 3.05) is 0 Å². The molecule has 1 unspecified atom stereocenters. The normalized spacial score (nSPS) is 12.8. The van der Waals surface area contributed by atoms with E-state index < -0.39 is 5.97 Å². The maximum absolute atomic E-state index is 10.5. The van der Waals surface area contributed by atoms with Crippen LogP contribution in [0.2, 0.25) is 5.02 Å². The minimum atomic E-state index is -0.840. The van der Waals surface area contributed by atoms with Gasteiger partial charge in [0.25, 0.3) is 0 Å². The quantitative estimate of drug-likeness (QED) is 0.783. The molecule has 1 aromatic carbocycles. The third-order valence-electron chi connectivity index (χ3n) is 2.76. The number of H-pyrrole nitrogens is 1. The molecule has 1 atom stereocenters. The van der Waals surface area contributed by atoms with Gasteiger partial charge in [0.15, 0.2) is 0 Å². The second-order valence-electron chi connectivity index (χ2n) is 3.95. The minimum absolute atomic E-state index is 0.0552. The van der Waals surface area contributed by atoms with E-state index in [1.807, 2.05) is 18.2 Å². The molecule has 0 bridgehead atoms. The Balaban J connectivity index is 2.34. The Bertz CT molecular complexity index is 550. The number of carbonyl (C=O) groups is 1. The van der Waals surface area contributed by atoms with Crippen LogP contribution in [0.4, 0.5) is 0 Å². The summed E-state index contributed by atoms with van der Waals surface area (Å²) in [6.07, 6.45) is 2.16. The van der Waals surface area contributed by atoms with Crippen molar-refractivity contribution in [3.63, 3.8) is 0 Å². The van der Waals surface area contributed by atoms with Crippen LogP contribution in [-0.2, 0) is 4.79 Å². The molecule has 0 saturated heterocycles. The summed E-state index contributed by atoms with van der Waals surface area (Å²) in [6, 6.07) is 5.36. The van der Waals surface area contributed by atoms with E-state index in [2.05, 4.69) is 4.98 Å². The number of carboxylic acids is 1. The topological polar surface area (TPSA) is 79.1 Å². The zero-order valence-corrected chi connectivity index (χ0v) is 9.87. The zero-order valence-electron chi connectivity index (χ0n) is 9.11. The van der Waals surface area contributed by atoms with E-state index >= 15 is 0 Å². The molecule has 1 aromatic heterocycles. The summed E-state index contributed by atoms with van der Waals surface area (Å²) >= 11 is 6.08. The van der Waals surface area contributed by atoms with Crippen LogP contribution in [0.3, 0.4) is 0 Å². The molecule has 5 heteroatoms. The molecule has 4 nitrogen and oxygen atoms in total. The standard InChI is InChI=1S/C12H13ClN2O2/c13-8-6-15-10-3-1-2-7(12(8)10)9(14)4-5-11(16)17/h1-3,6,9,15H,4-5,14H2,(H,16,17). The first kappa shape index (κ1) is 12.0. The van der Waals surface area contributed by atoms with Crippen LogP contribution >= 0.6 is 11.6 Å². The number of carboxylic acid groups (broad SMARTS) is 1. The molecule has 17 heavy (non-hydrogen) atoms. The van der Waals surface area contributed by atoms with Crippen LogP contribution in [0.25, 0.3) is 10.9 Å². The van der Waals surface area contributed by atoms with Crippen molar-refractivity contribution in [1.82, 2.24) is 4.98 Å². The largest absolute Gasteiger partial charge is 0.481 e. The van der Waals surface area contributed by atoms with E-state index in [0.717, 1.165) is 16.5 Å². The van der Waals surface area contributed by atoms with Crippen molar-refractivity contribution in [3.8, 4) is 0 Å². The van der Waals surface area contributed by atoms with Crippen molar-refractivity contribution < 1.29 is 9.90 Å². The number of aromatic amines is 1. The summed E-state index contributed by atoms with van der Waals surface area (Å²) in [6.45, 7) is 0. The molecule has 0 aliphatic carbocycles. The van der Waals surface area contributed by atoms with Gasteiger partial charge >= 0.3 is 5.97 Å². The van der Waals surface area contributed by atoms with E-state index in [4.69, 9.17) is 22.4 Å². The molecule has 2 aromatic rings. The van der Waals surface area contributed by atoms with Gasteiger partial charge < -0.3 is 15.8 Å². The molecule has 0 saturated carbocycles. The minimum Gasteiger partial charge on any atom is -0.481 e. The molecular weight excluding hydrogens is 240 g/mol. The van der Waals surface area contributed by atoms with Gasteiger partial charge in [-0.3, -0.25) is 4.79 Å². The fraction of sp³-hybridized carbons (Fsp3) is 0.250. The molecule has 0 fully saturated rings. The Morgan fingerprint density at radius 1 is 1.53 bits per heavy atom. The Hall–Kier alpha value is -1.52. The summed E-state index contributed by atoms with van der Waals surface area (Å²) in [5, 5.41) is 10.1. The number of halogens is 1. The van der Waals surface area contributed by atoms with Crippen molar-refractivity contribution in [2.24, 2.45) is 5.73 Å². The van der Waals surface area contributed by atoms with Crippen molar-refractivity contribution in [2.45, 2.75) is 18.9 Å². The molecular formula is C12H13ClN2O2. The molecule has 0 radical (unpaired) electrons. The first-order valence-electron chi connectivity index (χ1n) is 5.32. The van der Waals surface area contributed by atoms with E-state index in [9.17, 15) is 4.79 Å². The van der Waals surface area contributed by atoms with Crippen LogP contribution in [0.1, 0.15) is 24.4 Å².